The summed E-state index contributed by atoms with van der Waals surface area (Å²) in [6, 6.07) is 10.2. The van der Waals surface area contributed by atoms with Crippen molar-refractivity contribution < 1.29 is 18.9 Å². The molecule has 1 saturated heterocycles. The van der Waals surface area contributed by atoms with Crippen LogP contribution in [0.15, 0.2) is 54.7 Å². The Labute approximate surface area is 179 Å². The number of carbonyl (C=O) groups is 2. The van der Waals surface area contributed by atoms with E-state index in [0.29, 0.717) is 11.1 Å². The van der Waals surface area contributed by atoms with Gasteiger partial charge in [0.05, 0.1) is 10.5 Å². The first-order valence-corrected chi connectivity index (χ1v) is 9.52. The molecule has 0 aromatic heterocycles. The molecule has 2 amide bonds. The molecule has 31 heavy (non-hydrogen) atoms. The number of nitrogens with zero attached hydrogens (tertiary/aromatic N) is 3. The molecule has 2 aromatic rings. The van der Waals surface area contributed by atoms with E-state index in [1.807, 2.05) is 0 Å². The van der Waals surface area contributed by atoms with Gasteiger partial charge in [0.15, 0.2) is 0 Å². The highest BCUT2D eigenvalue weighted by Crippen LogP contribution is 2.33. The number of amides is 2. The smallest absolute Gasteiger partial charge is 0.277 e. The largest absolute Gasteiger partial charge is 0.326 e. The Morgan fingerprint density at radius 3 is 2.39 bits per heavy atom. The molecule has 7 nitrogen and oxygen atoms in total. The first-order valence-electron chi connectivity index (χ1n) is 9.52. The summed E-state index contributed by atoms with van der Waals surface area (Å²) in [4.78, 5) is 40.0. The Morgan fingerprint density at radius 1 is 1.16 bits per heavy atom. The lowest BCUT2D eigenvalue weighted by Gasteiger charge is -2.45. The number of benzene rings is 2. The molecule has 0 bridgehead atoms. The Kier molecular flexibility index (Phi) is 5.75. The normalized spacial score (nSPS) is 20.3. The molecule has 1 fully saturated rings. The van der Waals surface area contributed by atoms with Crippen molar-refractivity contribution in [1.29, 1.82) is 0 Å². The van der Waals surface area contributed by atoms with Crippen LogP contribution in [0.5, 0.6) is 0 Å². The molecule has 1 unspecified atom stereocenters. The lowest BCUT2D eigenvalue weighted by Crippen LogP contribution is -2.64. The summed E-state index contributed by atoms with van der Waals surface area (Å²) in [6.45, 7) is 5.32. The quantitative estimate of drug-likeness (QED) is 0.418. The minimum Gasteiger partial charge on any atom is -0.326 e. The molecule has 3 rings (SSSR count). The number of carbonyl (C=O) groups excluding carboxylic acids is 2. The zero-order valence-corrected chi connectivity index (χ0v) is 17.5. The molecule has 0 aliphatic carbocycles. The maximum atomic E-state index is 13.3. The van der Waals surface area contributed by atoms with E-state index in [1.54, 1.807) is 25.1 Å². The number of hydrogen-bond donors (Lipinski definition) is 0. The highest BCUT2D eigenvalue weighted by atomic mass is 19.1. The molecule has 0 N–H and O–H groups in total. The SMILES string of the molecule is C=Cc1cccc([N+](=O)[O-])c1C=C1C(=O)N(C)C(C)(Cc2ccc(F)cc2)C(=O)N1C. The van der Waals surface area contributed by atoms with Crippen LogP contribution in [0.1, 0.15) is 23.6 Å². The van der Waals surface area contributed by atoms with E-state index < -0.39 is 22.2 Å². The Morgan fingerprint density at radius 2 is 1.81 bits per heavy atom. The van der Waals surface area contributed by atoms with Gasteiger partial charge in [-0.25, -0.2) is 4.39 Å². The van der Waals surface area contributed by atoms with E-state index in [1.165, 1.54) is 60.3 Å². The molecule has 8 heteroatoms. The molecule has 1 aliphatic heterocycles. The van der Waals surface area contributed by atoms with Gasteiger partial charge in [0.2, 0.25) is 0 Å². The molecule has 160 valence electrons. The maximum Gasteiger partial charge on any atom is 0.277 e. The average Bonchev–Trinajstić information content (AvgIpc) is 2.75. The summed E-state index contributed by atoms with van der Waals surface area (Å²) < 4.78 is 13.2. The van der Waals surface area contributed by atoms with Gasteiger partial charge in [-0.15, -0.1) is 0 Å². The van der Waals surface area contributed by atoms with Crippen molar-refractivity contribution in [1.82, 2.24) is 9.80 Å². The lowest BCUT2D eigenvalue weighted by molar-refractivity contribution is -0.385. The van der Waals surface area contributed by atoms with Crippen LogP contribution in [-0.2, 0) is 16.0 Å². The van der Waals surface area contributed by atoms with Gasteiger partial charge < -0.3 is 9.80 Å². The molecular formula is C23H22FN3O4. The first-order chi connectivity index (χ1) is 14.6. The van der Waals surface area contributed by atoms with Crippen LogP contribution in [0.4, 0.5) is 10.1 Å². The minimum atomic E-state index is -1.20. The molecule has 0 saturated carbocycles. The third-order valence-electron chi connectivity index (χ3n) is 5.67. The second-order valence-corrected chi connectivity index (χ2v) is 7.58. The van der Waals surface area contributed by atoms with Crippen molar-refractivity contribution in [2.45, 2.75) is 18.9 Å². The number of hydrogen-bond acceptors (Lipinski definition) is 4. The van der Waals surface area contributed by atoms with E-state index in [9.17, 15) is 24.1 Å². The number of piperazine rings is 1. The maximum absolute atomic E-state index is 13.3. The van der Waals surface area contributed by atoms with Gasteiger partial charge in [-0.2, -0.15) is 0 Å². The van der Waals surface area contributed by atoms with Gasteiger partial charge in [-0.05, 0) is 36.3 Å². The van der Waals surface area contributed by atoms with E-state index in [4.69, 9.17) is 0 Å². The summed E-state index contributed by atoms with van der Waals surface area (Å²) in [7, 11) is 2.97. The van der Waals surface area contributed by atoms with Crippen molar-refractivity contribution >= 4 is 29.7 Å². The average molecular weight is 423 g/mol. The van der Waals surface area contributed by atoms with Crippen molar-refractivity contribution in [3.05, 3.63) is 87.4 Å². The van der Waals surface area contributed by atoms with Crippen LogP contribution in [-0.4, -0.2) is 46.2 Å². The Hall–Kier alpha value is -3.81. The molecule has 1 atom stereocenters. The highest BCUT2D eigenvalue weighted by molar-refractivity contribution is 6.09. The predicted molar refractivity (Wildman–Crippen MR) is 115 cm³/mol. The third-order valence-corrected chi connectivity index (χ3v) is 5.67. The fraction of sp³-hybridized carbons (Fsp3) is 0.217. The predicted octanol–water partition coefficient (Wildman–Crippen LogP) is 3.65. The fourth-order valence-corrected chi connectivity index (χ4v) is 3.71. The van der Waals surface area contributed by atoms with Crippen LogP contribution < -0.4 is 0 Å². The number of likely N-dealkylation sites (N-methyl/N-ethyl adjacent to an activating group) is 2. The van der Waals surface area contributed by atoms with Crippen molar-refractivity contribution in [3.63, 3.8) is 0 Å². The zero-order valence-electron chi connectivity index (χ0n) is 17.5. The van der Waals surface area contributed by atoms with Gasteiger partial charge in [-0.3, -0.25) is 19.7 Å². The molecule has 2 aromatic carbocycles. The molecule has 0 spiro atoms. The molecular weight excluding hydrogens is 401 g/mol. The second kappa shape index (κ2) is 8.14. The van der Waals surface area contributed by atoms with E-state index in [0.717, 1.165) is 0 Å². The standard InChI is InChI=1S/C23H22FN3O4/c1-5-16-7-6-8-19(27(30)31)18(16)13-20-21(28)26(4)23(2,22(29)25(20)3)14-15-9-11-17(24)12-10-15/h5-13H,1,14H2,2-4H3. The van der Waals surface area contributed by atoms with Crippen molar-refractivity contribution in [2.24, 2.45) is 0 Å². The number of halogens is 1. The van der Waals surface area contributed by atoms with Gasteiger partial charge >= 0.3 is 0 Å². The fourth-order valence-electron chi connectivity index (χ4n) is 3.71. The van der Waals surface area contributed by atoms with Crippen LogP contribution in [0.25, 0.3) is 12.2 Å². The molecule has 1 heterocycles. The zero-order chi connectivity index (χ0) is 22.9. The monoisotopic (exact) mass is 423 g/mol. The summed E-state index contributed by atoms with van der Waals surface area (Å²) >= 11 is 0. The van der Waals surface area contributed by atoms with Crippen LogP contribution in [0.3, 0.4) is 0 Å². The van der Waals surface area contributed by atoms with E-state index >= 15 is 0 Å². The molecule has 1 aliphatic rings. The lowest BCUT2D eigenvalue weighted by atomic mass is 9.86. The topological polar surface area (TPSA) is 83.8 Å². The summed E-state index contributed by atoms with van der Waals surface area (Å²) in [5, 5.41) is 11.5. The van der Waals surface area contributed by atoms with Crippen molar-refractivity contribution in [2.75, 3.05) is 14.1 Å². The summed E-state index contributed by atoms with van der Waals surface area (Å²) in [5.74, 6) is -1.21. The van der Waals surface area contributed by atoms with Crippen LogP contribution >= 0.6 is 0 Å². The highest BCUT2D eigenvalue weighted by Gasteiger charge is 2.48. The van der Waals surface area contributed by atoms with E-state index in [-0.39, 0.29) is 29.3 Å². The Bertz CT molecular complexity index is 1110. The van der Waals surface area contributed by atoms with Gasteiger partial charge in [-0.1, -0.05) is 36.9 Å². The van der Waals surface area contributed by atoms with Gasteiger partial charge in [0.25, 0.3) is 17.5 Å². The Balaban J connectivity index is 2.06. The van der Waals surface area contributed by atoms with Crippen LogP contribution in [0.2, 0.25) is 0 Å². The molecule has 0 radical (unpaired) electrons. The second-order valence-electron chi connectivity index (χ2n) is 7.58. The number of nitro groups is 1. The number of nitro benzene ring substituents is 1. The van der Waals surface area contributed by atoms with Gasteiger partial charge in [0.1, 0.15) is 17.1 Å². The minimum absolute atomic E-state index is 0.0153. The van der Waals surface area contributed by atoms with E-state index in [2.05, 4.69) is 6.58 Å². The summed E-state index contributed by atoms with van der Waals surface area (Å²) in [6.07, 6.45) is 3.00. The van der Waals surface area contributed by atoms with Crippen molar-refractivity contribution in [3.8, 4) is 0 Å². The van der Waals surface area contributed by atoms with Crippen LogP contribution in [0, 0.1) is 15.9 Å². The third kappa shape index (κ3) is 3.84. The summed E-state index contributed by atoms with van der Waals surface area (Å²) in [5.41, 5.74) is -0.0170. The number of rotatable bonds is 5. The van der Waals surface area contributed by atoms with Gasteiger partial charge in [0, 0.05) is 26.6 Å². The first kappa shape index (κ1) is 21.9.